The lowest BCUT2D eigenvalue weighted by Crippen LogP contribution is -2.32. The van der Waals surface area contributed by atoms with Crippen molar-refractivity contribution in [1.82, 2.24) is 10.2 Å². The lowest BCUT2D eigenvalue weighted by Gasteiger charge is -2.13. The van der Waals surface area contributed by atoms with Crippen molar-refractivity contribution < 1.29 is 33.4 Å². The minimum absolute atomic E-state index is 0.0670. The zero-order valence-electron chi connectivity index (χ0n) is 23.7. The van der Waals surface area contributed by atoms with Crippen molar-refractivity contribution in [3.05, 3.63) is 0 Å². The lowest BCUT2D eigenvalue weighted by molar-refractivity contribution is -0.139. The van der Waals surface area contributed by atoms with Crippen LogP contribution in [0.1, 0.15) is 110 Å². The first-order valence-electron chi connectivity index (χ1n) is 14.6. The summed E-state index contributed by atoms with van der Waals surface area (Å²) in [5.74, 6) is -0.227. The molecule has 9 nitrogen and oxygen atoms in total. The molecule has 1 atom stereocenters. The maximum absolute atomic E-state index is 12.0. The number of nitrogens with one attached hydrogen (secondary N) is 1. The van der Waals surface area contributed by atoms with Crippen molar-refractivity contribution in [2.75, 3.05) is 39.5 Å². The van der Waals surface area contributed by atoms with Gasteiger partial charge in [0.15, 0.2) is 0 Å². The van der Waals surface area contributed by atoms with Crippen LogP contribution in [0.4, 0.5) is 0 Å². The number of ether oxygens (including phenoxy) is 2. The van der Waals surface area contributed by atoms with Gasteiger partial charge < -0.3 is 14.8 Å². The normalized spacial score (nSPS) is 15.3. The molecule has 0 aromatic heterocycles. The highest BCUT2D eigenvalue weighted by atomic mass is 16.5. The monoisotopic (exact) mass is 538 g/mol. The van der Waals surface area contributed by atoms with Gasteiger partial charge in [-0.15, -0.1) is 0 Å². The fraction of sp³-hybridized carbons (Fsp3) is 0.828. The van der Waals surface area contributed by atoms with Gasteiger partial charge in [0, 0.05) is 51.1 Å². The van der Waals surface area contributed by atoms with Crippen LogP contribution in [0.5, 0.6) is 0 Å². The Morgan fingerprint density at radius 3 is 1.87 bits per heavy atom. The number of nitrogens with zero attached hydrogens (tertiary/aromatic N) is 1. The summed E-state index contributed by atoms with van der Waals surface area (Å²) in [5, 5.41) is 2.87. The predicted molar refractivity (Wildman–Crippen MR) is 145 cm³/mol. The molecule has 0 radical (unpaired) electrons. The highest BCUT2D eigenvalue weighted by molar-refractivity contribution is 6.03. The van der Waals surface area contributed by atoms with Gasteiger partial charge in [0.05, 0.1) is 26.4 Å². The molecule has 0 bridgehead atoms. The summed E-state index contributed by atoms with van der Waals surface area (Å²) < 4.78 is 10.7. The van der Waals surface area contributed by atoms with Crippen molar-refractivity contribution >= 4 is 29.3 Å². The molecular formula is C29H50N2O7. The highest BCUT2D eigenvalue weighted by Crippen LogP contribution is 2.19. The summed E-state index contributed by atoms with van der Waals surface area (Å²) in [5.41, 5.74) is 0. The first kappa shape index (κ1) is 33.9. The average molecular weight is 539 g/mol. The third-order valence-corrected chi connectivity index (χ3v) is 6.73. The van der Waals surface area contributed by atoms with Crippen LogP contribution in [-0.2, 0) is 33.4 Å². The summed E-state index contributed by atoms with van der Waals surface area (Å²) in [6, 6.07) is 0. The van der Waals surface area contributed by atoms with E-state index in [0.717, 1.165) is 38.5 Å². The smallest absolute Gasteiger partial charge is 0.232 e. The van der Waals surface area contributed by atoms with Crippen LogP contribution in [0.25, 0.3) is 0 Å². The van der Waals surface area contributed by atoms with Crippen LogP contribution in [0.3, 0.4) is 0 Å². The molecule has 1 aliphatic rings. The minimum Gasteiger partial charge on any atom is -0.379 e. The topological polar surface area (TPSA) is 119 Å². The van der Waals surface area contributed by atoms with Crippen LogP contribution >= 0.6 is 0 Å². The molecule has 218 valence electrons. The Bertz CT molecular complexity index is 726. The largest absolute Gasteiger partial charge is 0.379 e. The third kappa shape index (κ3) is 17.4. The Labute approximate surface area is 228 Å². The van der Waals surface area contributed by atoms with Crippen molar-refractivity contribution in [3.8, 4) is 0 Å². The molecule has 0 saturated carbocycles. The molecule has 9 heteroatoms. The molecule has 1 saturated heterocycles. The Morgan fingerprint density at radius 1 is 0.763 bits per heavy atom. The lowest BCUT2D eigenvalue weighted by atomic mass is 10.0. The molecular weight excluding hydrogens is 488 g/mol. The zero-order valence-corrected chi connectivity index (χ0v) is 23.7. The van der Waals surface area contributed by atoms with Crippen molar-refractivity contribution in [1.29, 1.82) is 0 Å². The predicted octanol–water partition coefficient (Wildman–Crippen LogP) is 4.15. The summed E-state index contributed by atoms with van der Waals surface area (Å²) in [6.07, 6.45) is 13.0. The quantitative estimate of drug-likeness (QED) is 0.137. The zero-order chi connectivity index (χ0) is 28.0. The second-order valence-corrected chi connectivity index (χ2v) is 10.3. The van der Waals surface area contributed by atoms with E-state index >= 15 is 0 Å². The summed E-state index contributed by atoms with van der Waals surface area (Å²) in [7, 11) is 0. The van der Waals surface area contributed by atoms with Gasteiger partial charge in [0.25, 0.3) is 0 Å². The highest BCUT2D eigenvalue weighted by Gasteiger charge is 2.35. The molecule has 1 aliphatic heterocycles. The van der Waals surface area contributed by atoms with Crippen molar-refractivity contribution in [3.63, 3.8) is 0 Å². The fourth-order valence-corrected chi connectivity index (χ4v) is 4.36. The van der Waals surface area contributed by atoms with Gasteiger partial charge in [0.1, 0.15) is 11.6 Å². The number of carbonyl (C=O) groups is 5. The fourth-order valence-electron chi connectivity index (χ4n) is 4.36. The molecule has 0 aromatic carbocycles. The molecule has 1 rings (SSSR count). The first-order chi connectivity index (χ1) is 18.3. The van der Waals surface area contributed by atoms with E-state index in [2.05, 4.69) is 5.32 Å². The van der Waals surface area contributed by atoms with E-state index in [0.29, 0.717) is 52.2 Å². The Morgan fingerprint density at radius 2 is 1.32 bits per heavy atom. The average Bonchev–Trinajstić information content (AvgIpc) is 3.12. The van der Waals surface area contributed by atoms with Gasteiger partial charge in [0.2, 0.25) is 17.7 Å². The Hall–Kier alpha value is -2.13. The molecule has 1 fully saturated rings. The standard InChI is InChI=1S/C29H50N2O7/c1-24-23-28(35)31(29(24)36)18-15-26(33)13-11-9-7-5-3-4-6-8-10-12-14-27(34)30-17-20-38-22-21-37-19-16-25(2)32/h24H,3-23H2,1-2H3,(H,30,34). The van der Waals surface area contributed by atoms with E-state index in [1.165, 1.54) is 30.6 Å². The number of unbranched alkanes of at least 4 members (excludes halogenated alkanes) is 9. The third-order valence-electron chi connectivity index (χ3n) is 6.73. The van der Waals surface area contributed by atoms with Crippen LogP contribution in [0.2, 0.25) is 0 Å². The maximum Gasteiger partial charge on any atom is 0.232 e. The Balaban J connectivity index is 1.80. The molecule has 0 aromatic rings. The summed E-state index contributed by atoms with van der Waals surface area (Å²) in [4.78, 5) is 59.5. The number of imide groups is 1. The minimum atomic E-state index is -0.246. The second-order valence-electron chi connectivity index (χ2n) is 10.3. The van der Waals surface area contributed by atoms with E-state index in [9.17, 15) is 24.0 Å². The van der Waals surface area contributed by atoms with E-state index in [1.807, 2.05) is 0 Å². The van der Waals surface area contributed by atoms with E-state index in [1.54, 1.807) is 13.8 Å². The van der Waals surface area contributed by atoms with Crippen LogP contribution in [0, 0.1) is 5.92 Å². The molecule has 1 unspecified atom stereocenters. The maximum atomic E-state index is 12.0. The van der Waals surface area contributed by atoms with E-state index in [4.69, 9.17) is 9.47 Å². The van der Waals surface area contributed by atoms with E-state index in [-0.39, 0.29) is 54.6 Å². The summed E-state index contributed by atoms with van der Waals surface area (Å²) >= 11 is 0. The number of hydrogen-bond acceptors (Lipinski definition) is 7. The van der Waals surface area contributed by atoms with Gasteiger partial charge in [-0.05, 0) is 19.8 Å². The van der Waals surface area contributed by atoms with Crippen LogP contribution < -0.4 is 5.32 Å². The number of ketones is 2. The molecule has 1 heterocycles. The number of amides is 3. The van der Waals surface area contributed by atoms with Crippen LogP contribution in [-0.4, -0.2) is 73.7 Å². The number of rotatable bonds is 25. The van der Waals surface area contributed by atoms with Crippen LogP contribution in [0.15, 0.2) is 0 Å². The number of likely N-dealkylation sites (tertiary alicyclic amines) is 1. The van der Waals surface area contributed by atoms with Gasteiger partial charge >= 0.3 is 0 Å². The molecule has 0 aliphatic carbocycles. The molecule has 3 amide bonds. The second kappa shape index (κ2) is 21.8. The van der Waals surface area contributed by atoms with Crippen molar-refractivity contribution in [2.45, 2.75) is 110 Å². The van der Waals surface area contributed by atoms with Gasteiger partial charge in [-0.25, -0.2) is 0 Å². The first-order valence-corrected chi connectivity index (χ1v) is 14.6. The Kier molecular flexibility index (Phi) is 19.4. The molecule has 38 heavy (non-hydrogen) atoms. The van der Waals surface area contributed by atoms with Gasteiger partial charge in [-0.2, -0.15) is 0 Å². The molecule has 0 spiro atoms. The number of Topliss-reactive ketones (excluding diaryl/α,β-unsaturated/α-hetero) is 2. The summed E-state index contributed by atoms with van der Waals surface area (Å²) in [6.45, 7) is 5.83. The molecule has 1 N–H and O–H groups in total. The SMILES string of the molecule is CC(=O)CCOCCOCCNC(=O)CCCCCCCCCCCCC(=O)CCN1C(=O)CC(C)C1=O. The van der Waals surface area contributed by atoms with Gasteiger partial charge in [-0.3, -0.25) is 28.9 Å². The van der Waals surface area contributed by atoms with Gasteiger partial charge in [-0.1, -0.05) is 58.3 Å². The van der Waals surface area contributed by atoms with E-state index < -0.39 is 0 Å². The number of carbonyl (C=O) groups excluding carboxylic acids is 5. The number of hydrogen-bond donors (Lipinski definition) is 1. The van der Waals surface area contributed by atoms with Crippen molar-refractivity contribution in [2.24, 2.45) is 5.92 Å².